The molecule has 3 aromatic rings. The zero-order chi connectivity index (χ0) is 15.5. The summed E-state index contributed by atoms with van der Waals surface area (Å²) in [6, 6.07) is 23.8. The van der Waals surface area contributed by atoms with Crippen LogP contribution < -0.4 is 5.32 Å². The van der Waals surface area contributed by atoms with Crippen molar-refractivity contribution in [3.8, 4) is 11.3 Å². The van der Waals surface area contributed by atoms with Crippen LogP contribution in [-0.4, -0.2) is 16.3 Å². The van der Waals surface area contributed by atoms with E-state index in [-0.39, 0.29) is 0 Å². The molecule has 1 aromatic heterocycles. The molecule has 1 atom stereocenters. The standard InChI is InChI=1S/C20H21N3/c1-3-7-16(8-4-1)11-12-18-20-15-19(17-9-5-2-6-10-17)22-23(20)14-13-21-18/h1-10,15,18,21H,11-14H2. The fourth-order valence-electron chi connectivity index (χ4n) is 3.30. The van der Waals surface area contributed by atoms with E-state index in [0.29, 0.717) is 6.04 Å². The van der Waals surface area contributed by atoms with Crippen LogP contribution in [0.3, 0.4) is 0 Å². The number of aryl methyl sites for hydroxylation is 1. The van der Waals surface area contributed by atoms with Gasteiger partial charge < -0.3 is 5.32 Å². The van der Waals surface area contributed by atoms with Gasteiger partial charge in [0.25, 0.3) is 0 Å². The first-order valence-electron chi connectivity index (χ1n) is 8.30. The van der Waals surface area contributed by atoms with Crippen molar-refractivity contribution in [2.24, 2.45) is 0 Å². The summed E-state index contributed by atoms with van der Waals surface area (Å²) < 4.78 is 2.18. The third-order valence-electron chi connectivity index (χ3n) is 4.52. The van der Waals surface area contributed by atoms with Crippen LogP contribution in [0, 0.1) is 0 Å². The van der Waals surface area contributed by atoms with Gasteiger partial charge in [-0.3, -0.25) is 4.68 Å². The summed E-state index contributed by atoms with van der Waals surface area (Å²) in [4.78, 5) is 0. The molecule has 0 spiro atoms. The topological polar surface area (TPSA) is 29.9 Å². The second kappa shape index (κ2) is 6.39. The highest BCUT2D eigenvalue weighted by Crippen LogP contribution is 2.27. The van der Waals surface area contributed by atoms with Crippen LogP contribution >= 0.6 is 0 Å². The summed E-state index contributed by atoms with van der Waals surface area (Å²) in [5, 5.41) is 8.45. The Labute approximate surface area is 137 Å². The monoisotopic (exact) mass is 303 g/mol. The molecule has 0 fully saturated rings. The van der Waals surface area contributed by atoms with E-state index in [1.165, 1.54) is 16.8 Å². The first-order chi connectivity index (χ1) is 11.4. The molecule has 4 rings (SSSR count). The van der Waals surface area contributed by atoms with Crippen LogP contribution in [0.25, 0.3) is 11.3 Å². The van der Waals surface area contributed by atoms with E-state index in [9.17, 15) is 0 Å². The Kier molecular flexibility index (Phi) is 3.95. The molecule has 0 amide bonds. The summed E-state index contributed by atoms with van der Waals surface area (Å²) in [5.41, 5.74) is 4.98. The SMILES string of the molecule is c1ccc(CCC2NCCn3nc(-c4ccccc4)cc32)cc1. The number of nitrogens with zero attached hydrogens (tertiary/aromatic N) is 2. The molecule has 3 nitrogen and oxygen atoms in total. The number of hydrogen-bond donors (Lipinski definition) is 1. The highest BCUT2D eigenvalue weighted by atomic mass is 15.3. The van der Waals surface area contributed by atoms with E-state index in [1.54, 1.807) is 0 Å². The Balaban J connectivity index is 1.55. The Bertz CT molecular complexity index is 762. The maximum absolute atomic E-state index is 4.80. The Hall–Kier alpha value is -2.39. The third-order valence-corrected chi connectivity index (χ3v) is 4.52. The molecular formula is C20H21N3. The maximum atomic E-state index is 4.80. The average molecular weight is 303 g/mol. The lowest BCUT2D eigenvalue weighted by Crippen LogP contribution is -2.33. The molecule has 1 aliphatic heterocycles. The molecule has 1 unspecified atom stereocenters. The van der Waals surface area contributed by atoms with Gasteiger partial charge >= 0.3 is 0 Å². The number of aromatic nitrogens is 2. The quantitative estimate of drug-likeness (QED) is 0.794. The molecule has 3 heteroatoms. The van der Waals surface area contributed by atoms with Gasteiger partial charge in [-0.1, -0.05) is 60.7 Å². The zero-order valence-corrected chi connectivity index (χ0v) is 13.2. The lowest BCUT2D eigenvalue weighted by Gasteiger charge is -2.25. The first-order valence-corrected chi connectivity index (χ1v) is 8.30. The van der Waals surface area contributed by atoms with E-state index in [4.69, 9.17) is 5.10 Å². The molecule has 0 aliphatic carbocycles. The van der Waals surface area contributed by atoms with Crippen LogP contribution in [0.4, 0.5) is 0 Å². The van der Waals surface area contributed by atoms with Crippen LogP contribution in [0.5, 0.6) is 0 Å². The molecule has 1 aliphatic rings. The van der Waals surface area contributed by atoms with Crippen molar-refractivity contribution in [1.82, 2.24) is 15.1 Å². The van der Waals surface area contributed by atoms with Gasteiger partial charge in [0.05, 0.1) is 17.9 Å². The zero-order valence-electron chi connectivity index (χ0n) is 13.2. The van der Waals surface area contributed by atoms with Crippen molar-refractivity contribution in [1.29, 1.82) is 0 Å². The predicted octanol–water partition coefficient (Wildman–Crippen LogP) is 3.83. The second-order valence-corrected chi connectivity index (χ2v) is 6.07. The van der Waals surface area contributed by atoms with Gasteiger partial charge in [0.2, 0.25) is 0 Å². The summed E-state index contributed by atoms with van der Waals surface area (Å²) in [7, 11) is 0. The molecule has 0 saturated carbocycles. The number of hydrogen-bond acceptors (Lipinski definition) is 2. The molecular weight excluding hydrogens is 282 g/mol. The minimum absolute atomic E-state index is 0.383. The predicted molar refractivity (Wildman–Crippen MR) is 93.2 cm³/mol. The Morgan fingerprint density at radius 1 is 1.00 bits per heavy atom. The van der Waals surface area contributed by atoms with Gasteiger partial charge in [-0.15, -0.1) is 0 Å². The highest BCUT2D eigenvalue weighted by Gasteiger charge is 2.22. The molecule has 23 heavy (non-hydrogen) atoms. The van der Waals surface area contributed by atoms with E-state index < -0.39 is 0 Å². The summed E-state index contributed by atoms with van der Waals surface area (Å²) in [6.07, 6.45) is 2.19. The smallest absolute Gasteiger partial charge is 0.0926 e. The fourth-order valence-corrected chi connectivity index (χ4v) is 3.30. The minimum Gasteiger partial charge on any atom is -0.307 e. The van der Waals surface area contributed by atoms with Gasteiger partial charge in [-0.25, -0.2) is 0 Å². The first kappa shape index (κ1) is 14.2. The molecule has 1 N–H and O–H groups in total. The van der Waals surface area contributed by atoms with Crippen LogP contribution in [0.1, 0.15) is 23.7 Å². The molecule has 0 bridgehead atoms. The largest absolute Gasteiger partial charge is 0.307 e. The molecule has 0 saturated heterocycles. The maximum Gasteiger partial charge on any atom is 0.0926 e. The van der Waals surface area contributed by atoms with Crippen molar-refractivity contribution in [3.63, 3.8) is 0 Å². The Morgan fingerprint density at radius 3 is 2.52 bits per heavy atom. The van der Waals surface area contributed by atoms with Crippen LogP contribution in [0.15, 0.2) is 66.7 Å². The van der Waals surface area contributed by atoms with E-state index in [0.717, 1.165) is 31.6 Å². The van der Waals surface area contributed by atoms with Gasteiger partial charge in [-0.05, 0) is 24.5 Å². The van der Waals surface area contributed by atoms with Crippen LogP contribution in [0.2, 0.25) is 0 Å². The normalized spacial score (nSPS) is 17.0. The van der Waals surface area contributed by atoms with Gasteiger partial charge in [0.1, 0.15) is 0 Å². The Morgan fingerprint density at radius 2 is 1.74 bits per heavy atom. The van der Waals surface area contributed by atoms with Crippen molar-refractivity contribution in [2.75, 3.05) is 6.54 Å². The number of benzene rings is 2. The molecule has 2 aromatic carbocycles. The van der Waals surface area contributed by atoms with Crippen molar-refractivity contribution in [3.05, 3.63) is 78.0 Å². The number of nitrogens with one attached hydrogen (secondary N) is 1. The number of rotatable bonds is 4. The van der Waals surface area contributed by atoms with Crippen molar-refractivity contribution < 1.29 is 0 Å². The summed E-state index contributed by atoms with van der Waals surface area (Å²) >= 11 is 0. The molecule has 116 valence electrons. The third kappa shape index (κ3) is 3.06. The molecule has 2 heterocycles. The minimum atomic E-state index is 0.383. The fraction of sp³-hybridized carbons (Fsp3) is 0.250. The highest BCUT2D eigenvalue weighted by molar-refractivity contribution is 5.59. The van der Waals surface area contributed by atoms with Gasteiger partial charge in [-0.2, -0.15) is 5.10 Å². The van der Waals surface area contributed by atoms with Crippen molar-refractivity contribution >= 4 is 0 Å². The lowest BCUT2D eigenvalue weighted by atomic mass is 10.0. The van der Waals surface area contributed by atoms with Crippen molar-refractivity contribution in [2.45, 2.75) is 25.4 Å². The van der Waals surface area contributed by atoms with Crippen LogP contribution in [-0.2, 0) is 13.0 Å². The summed E-state index contributed by atoms with van der Waals surface area (Å²) in [5.74, 6) is 0. The lowest BCUT2D eigenvalue weighted by molar-refractivity contribution is 0.385. The van der Waals surface area contributed by atoms with E-state index >= 15 is 0 Å². The van der Waals surface area contributed by atoms with E-state index in [2.05, 4.69) is 70.7 Å². The van der Waals surface area contributed by atoms with E-state index in [1.807, 2.05) is 6.07 Å². The second-order valence-electron chi connectivity index (χ2n) is 6.07. The summed E-state index contributed by atoms with van der Waals surface area (Å²) in [6.45, 7) is 1.94. The molecule has 0 radical (unpaired) electrons. The average Bonchev–Trinajstić information content (AvgIpc) is 3.06. The van der Waals surface area contributed by atoms with Gasteiger partial charge in [0.15, 0.2) is 0 Å². The number of fused-ring (bicyclic) bond motifs is 1. The van der Waals surface area contributed by atoms with Gasteiger partial charge in [0, 0.05) is 18.2 Å².